The van der Waals surface area contributed by atoms with Crippen LogP contribution in [-0.4, -0.2) is 28.0 Å². The molecular weight excluding hydrogens is 362 g/mol. The Morgan fingerprint density at radius 1 is 1.11 bits per heavy atom. The molecule has 0 amide bonds. The zero-order valence-electron chi connectivity index (χ0n) is 15.9. The summed E-state index contributed by atoms with van der Waals surface area (Å²) in [5, 5.41) is 32.8. The second-order valence-corrected chi connectivity index (χ2v) is 7.17. The molecule has 8 heteroatoms. The zero-order chi connectivity index (χ0) is 20.4. The van der Waals surface area contributed by atoms with Crippen LogP contribution in [0.15, 0.2) is 30.3 Å². The maximum absolute atomic E-state index is 11.7. The summed E-state index contributed by atoms with van der Waals surface area (Å²) in [6.07, 6.45) is 1.53. The topological polar surface area (TPSA) is 110 Å². The van der Waals surface area contributed by atoms with Crippen molar-refractivity contribution in [2.75, 3.05) is 18.0 Å². The molecule has 1 N–H and O–H groups in total. The third-order valence-electron chi connectivity index (χ3n) is 5.60. The fraction of sp³-hybridized carbons (Fsp3) is 0.400. The molecule has 8 nitrogen and oxygen atoms in total. The lowest BCUT2D eigenvalue weighted by molar-refractivity contribution is -0.393. The maximum Gasteiger partial charge on any atom is 0.302 e. The molecule has 2 aromatic rings. The van der Waals surface area contributed by atoms with Crippen molar-refractivity contribution in [3.63, 3.8) is 0 Å². The van der Waals surface area contributed by atoms with Crippen LogP contribution < -0.4 is 4.90 Å². The number of hydrogen-bond acceptors (Lipinski definition) is 6. The van der Waals surface area contributed by atoms with Crippen molar-refractivity contribution in [2.24, 2.45) is 0 Å². The van der Waals surface area contributed by atoms with Crippen LogP contribution in [0.2, 0.25) is 0 Å². The van der Waals surface area contributed by atoms with Crippen molar-refractivity contribution in [3.8, 4) is 0 Å². The van der Waals surface area contributed by atoms with E-state index in [0.717, 1.165) is 12.8 Å². The Balaban J connectivity index is 1.98. The number of nitro benzene ring substituents is 2. The van der Waals surface area contributed by atoms with E-state index in [9.17, 15) is 25.3 Å². The largest absolute Gasteiger partial charge is 0.392 e. The summed E-state index contributed by atoms with van der Waals surface area (Å²) in [5.41, 5.74) is 2.39. The van der Waals surface area contributed by atoms with E-state index in [-0.39, 0.29) is 28.2 Å². The minimum absolute atomic E-state index is 0.0490. The Kier molecular flexibility index (Phi) is 5.60. The fourth-order valence-corrected chi connectivity index (χ4v) is 4.09. The second-order valence-electron chi connectivity index (χ2n) is 7.17. The summed E-state index contributed by atoms with van der Waals surface area (Å²) >= 11 is 0. The van der Waals surface area contributed by atoms with Crippen molar-refractivity contribution in [2.45, 2.75) is 39.2 Å². The number of aliphatic hydroxyl groups excluding tert-OH is 1. The van der Waals surface area contributed by atoms with Crippen LogP contribution >= 0.6 is 0 Å². The van der Waals surface area contributed by atoms with Crippen LogP contribution in [0, 0.1) is 34.1 Å². The second kappa shape index (κ2) is 7.93. The summed E-state index contributed by atoms with van der Waals surface area (Å²) in [7, 11) is 0. The number of rotatable bonds is 5. The number of nitrogens with zero attached hydrogens (tertiary/aromatic N) is 3. The van der Waals surface area contributed by atoms with Crippen LogP contribution in [0.25, 0.3) is 0 Å². The molecular formula is C20H23N3O5. The number of aryl methyl sites for hydroxylation is 1. The fourth-order valence-electron chi connectivity index (χ4n) is 4.09. The van der Waals surface area contributed by atoms with Crippen LogP contribution in [-0.2, 0) is 6.61 Å². The van der Waals surface area contributed by atoms with E-state index in [1.807, 2.05) is 12.1 Å². The van der Waals surface area contributed by atoms with Crippen LogP contribution in [0.5, 0.6) is 0 Å². The Bertz CT molecular complexity index is 920. The smallest absolute Gasteiger partial charge is 0.302 e. The summed E-state index contributed by atoms with van der Waals surface area (Å²) in [4.78, 5) is 23.9. The highest BCUT2D eigenvalue weighted by molar-refractivity contribution is 5.79. The number of aliphatic hydroxyl groups is 1. The number of benzene rings is 2. The lowest BCUT2D eigenvalue weighted by Crippen LogP contribution is -2.34. The van der Waals surface area contributed by atoms with Gasteiger partial charge in [0.1, 0.15) is 0 Å². The number of anilines is 1. The van der Waals surface area contributed by atoms with E-state index in [0.29, 0.717) is 19.0 Å². The van der Waals surface area contributed by atoms with Crippen LogP contribution in [0.3, 0.4) is 0 Å². The Morgan fingerprint density at radius 2 is 1.75 bits per heavy atom. The molecule has 148 valence electrons. The lowest BCUT2D eigenvalue weighted by atomic mass is 9.86. The van der Waals surface area contributed by atoms with Crippen molar-refractivity contribution in [1.29, 1.82) is 0 Å². The van der Waals surface area contributed by atoms with Crippen molar-refractivity contribution in [3.05, 3.63) is 72.8 Å². The molecule has 1 aliphatic rings. The van der Waals surface area contributed by atoms with Gasteiger partial charge in [-0.15, -0.1) is 0 Å². The first kappa shape index (κ1) is 19.8. The maximum atomic E-state index is 11.7. The number of nitro groups is 2. The predicted octanol–water partition coefficient (Wildman–Crippen LogP) is 4.00. The molecule has 1 fully saturated rings. The van der Waals surface area contributed by atoms with E-state index >= 15 is 0 Å². The summed E-state index contributed by atoms with van der Waals surface area (Å²) in [5.74, 6) is 0.327. The van der Waals surface area contributed by atoms with Gasteiger partial charge < -0.3 is 10.0 Å². The standard InChI is InChI=1S/C20H23N3O5/c1-13-5-3-4-6-17(13)15-7-9-21(10-8-15)20-18(22(25)26)11-16(12-24)14(2)19(20)23(27)28/h3-6,11,15,24H,7-10,12H2,1-2H3. The number of hydrogen-bond donors (Lipinski definition) is 1. The van der Waals surface area contributed by atoms with Gasteiger partial charge in [-0.2, -0.15) is 0 Å². The Morgan fingerprint density at radius 3 is 2.29 bits per heavy atom. The van der Waals surface area contributed by atoms with Gasteiger partial charge in [-0.05, 0) is 49.3 Å². The molecule has 1 aliphatic heterocycles. The average molecular weight is 385 g/mol. The minimum Gasteiger partial charge on any atom is -0.392 e. The molecule has 0 spiro atoms. The minimum atomic E-state index is -0.603. The molecule has 1 heterocycles. The highest BCUT2D eigenvalue weighted by Crippen LogP contribution is 2.44. The molecule has 0 aliphatic carbocycles. The molecule has 0 bridgehead atoms. The Labute approximate surface area is 162 Å². The van der Waals surface area contributed by atoms with Gasteiger partial charge in [-0.25, -0.2) is 0 Å². The van der Waals surface area contributed by atoms with Gasteiger partial charge in [0, 0.05) is 24.7 Å². The predicted molar refractivity (Wildman–Crippen MR) is 106 cm³/mol. The quantitative estimate of drug-likeness (QED) is 0.615. The van der Waals surface area contributed by atoms with E-state index in [1.54, 1.807) is 4.90 Å². The van der Waals surface area contributed by atoms with E-state index in [2.05, 4.69) is 19.1 Å². The van der Waals surface area contributed by atoms with E-state index in [4.69, 9.17) is 0 Å². The van der Waals surface area contributed by atoms with Gasteiger partial charge in [-0.1, -0.05) is 24.3 Å². The van der Waals surface area contributed by atoms with Gasteiger partial charge in [-0.3, -0.25) is 20.2 Å². The molecule has 0 unspecified atom stereocenters. The van der Waals surface area contributed by atoms with Crippen LogP contribution in [0.4, 0.5) is 17.1 Å². The third-order valence-corrected chi connectivity index (χ3v) is 5.60. The highest BCUT2D eigenvalue weighted by Gasteiger charge is 2.35. The lowest BCUT2D eigenvalue weighted by Gasteiger charge is -2.34. The SMILES string of the molecule is Cc1ccccc1C1CCN(c2c([N+](=O)[O-])cc(CO)c(C)c2[N+](=O)[O-])CC1. The van der Waals surface area contributed by atoms with Gasteiger partial charge in [0.2, 0.25) is 0 Å². The summed E-state index contributed by atoms with van der Waals surface area (Å²) < 4.78 is 0. The normalized spacial score (nSPS) is 14.9. The highest BCUT2D eigenvalue weighted by atomic mass is 16.6. The Hall–Kier alpha value is -3.00. The van der Waals surface area contributed by atoms with Crippen molar-refractivity contribution >= 4 is 17.1 Å². The molecule has 3 rings (SSSR count). The van der Waals surface area contributed by atoms with Gasteiger partial charge in [0.25, 0.3) is 5.69 Å². The first-order valence-electron chi connectivity index (χ1n) is 9.21. The third kappa shape index (κ3) is 3.55. The molecule has 0 radical (unpaired) electrons. The molecule has 2 aromatic carbocycles. The molecule has 0 saturated carbocycles. The summed E-state index contributed by atoms with van der Waals surface area (Å²) in [6, 6.07) is 9.41. The first-order valence-corrected chi connectivity index (χ1v) is 9.21. The molecule has 1 saturated heterocycles. The monoisotopic (exact) mass is 385 g/mol. The molecule has 0 atom stereocenters. The van der Waals surface area contributed by atoms with Crippen molar-refractivity contribution in [1.82, 2.24) is 0 Å². The van der Waals surface area contributed by atoms with Crippen LogP contribution in [0.1, 0.15) is 41.0 Å². The zero-order valence-corrected chi connectivity index (χ0v) is 15.9. The van der Waals surface area contributed by atoms with E-state index in [1.165, 1.54) is 24.1 Å². The average Bonchev–Trinajstić information content (AvgIpc) is 2.67. The summed E-state index contributed by atoms with van der Waals surface area (Å²) in [6.45, 7) is 4.10. The van der Waals surface area contributed by atoms with Gasteiger partial charge in [0.05, 0.1) is 16.5 Å². The molecule has 0 aromatic heterocycles. The first-order chi connectivity index (χ1) is 13.3. The van der Waals surface area contributed by atoms with E-state index < -0.39 is 16.5 Å². The van der Waals surface area contributed by atoms with Gasteiger partial charge >= 0.3 is 5.69 Å². The number of piperidine rings is 1. The molecule has 28 heavy (non-hydrogen) atoms. The van der Waals surface area contributed by atoms with Gasteiger partial charge in [0.15, 0.2) is 5.69 Å². The van der Waals surface area contributed by atoms with Crippen molar-refractivity contribution < 1.29 is 15.0 Å².